The lowest BCUT2D eigenvalue weighted by atomic mass is 9.99. The SMILES string of the molecule is OC[C@@H](O)[C@@H](O)[C@@H](O)[C@H](O)[C@H](O)CN1C[C@@H](O)[C@H](O)[C@H]1CO. The molecule has 1 fully saturated rings. The molecule has 132 valence electrons. The van der Waals surface area contributed by atoms with Crippen LogP contribution in [-0.4, -0.2) is 126 Å². The highest BCUT2D eigenvalue weighted by molar-refractivity contribution is 4.95. The summed E-state index contributed by atoms with van der Waals surface area (Å²) in [5.74, 6) is 0. The first-order valence-corrected chi connectivity index (χ1v) is 6.96. The average molecular weight is 327 g/mol. The van der Waals surface area contributed by atoms with Crippen LogP contribution in [0.3, 0.4) is 0 Å². The average Bonchev–Trinajstić information content (AvgIpc) is 2.77. The molecule has 0 aromatic carbocycles. The van der Waals surface area contributed by atoms with E-state index in [9.17, 15) is 40.9 Å². The van der Waals surface area contributed by atoms with Crippen LogP contribution in [-0.2, 0) is 0 Å². The van der Waals surface area contributed by atoms with Gasteiger partial charge >= 0.3 is 0 Å². The fourth-order valence-electron chi connectivity index (χ4n) is 2.50. The van der Waals surface area contributed by atoms with Gasteiger partial charge in [-0.1, -0.05) is 0 Å². The second kappa shape index (κ2) is 8.45. The van der Waals surface area contributed by atoms with Crippen molar-refractivity contribution >= 4 is 0 Å². The van der Waals surface area contributed by atoms with Crippen molar-refractivity contribution in [1.82, 2.24) is 4.90 Å². The van der Waals surface area contributed by atoms with Crippen molar-refractivity contribution in [2.75, 3.05) is 26.3 Å². The maximum atomic E-state index is 9.89. The third-order valence-corrected chi connectivity index (χ3v) is 3.96. The molecule has 0 saturated carbocycles. The van der Waals surface area contributed by atoms with Crippen LogP contribution < -0.4 is 0 Å². The molecule has 0 bridgehead atoms. The Balaban J connectivity index is 2.62. The van der Waals surface area contributed by atoms with Gasteiger partial charge in [0, 0.05) is 13.1 Å². The molecule has 1 saturated heterocycles. The van der Waals surface area contributed by atoms with E-state index in [1.807, 2.05) is 0 Å². The molecule has 0 aliphatic carbocycles. The van der Waals surface area contributed by atoms with Crippen LogP contribution >= 0.6 is 0 Å². The summed E-state index contributed by atoms with van der Waals surface area (Å²) in [7, 11) is 0. The second-order valence-corrected chi connectivity index (χ2v) is 5.55. The molecule has 1 heterocycles. The van der Waals surface area contributed by atoms with Crippen LogP contribution in [0, 0.1) is 0 Å². The fraction of sp³-hybridized carbons (Fsp3) is 1.00. The highest BCUT2D eigenvalue weighted by Gasteiger charge is 2.42. The zero-order valence-corrected chi connectivity index (χ0v) is 11.9. The first-order chi connectivity index (χ1) is 10.2. The van der Waals surface area contributed by atoms with E-state index in [1.54, 1.807) is 0 Å². The van der Waals surface area contributed by atoms with E-state index >= 15 is 0 Å². The number of nitrogens with zero attached hydrogens (tertiary/aromatic N) is 1. The number of rotatable bonds is 8. The van der Waals surface area contributed by atoms with Crippen molar-refractivity contribution in [2.24, 2.45) is 0 Å². The predicted molar refractivity (Wildman–Crippen MR) is 71.6 cm³/mol. The summed E-state index contributed by atoms with van der Waals surface area (Å²) in [4.78, 5) is 1.34. The van der Waals surface area contributed by atoms with Gasteiger partial charge in [-0.25, -0.2) is 0 Å². The minimum absolute atomic E-state index is 0.0475. The van der Waals surface area contributed by atoms with Gasteiger partial charge in [0.25, 0.3) is 0 Å². The van der Waals surface area contributed by atoms with E-state index in [1.165, 1.54) is 4.90 Å². The Morgan fingerprint density at radius 1 is 0.864 bits per heavy atom. The van der Waals surface area contributed by atoms with Gasteiger partial charge in [-0.3, -0.25) is 4.90 Å². The summed E-state index contributed by atoms with van der Waals surface area (Å²) in [6, 6.07) is -0.832. The lowest BCUT2D eigenvalue weighted by molar-refractivity contribution is -0.144. The standard InChI is InChI=1S/C12H25NO9/c14-3-5-9(19)6(16)1-13(5)2-7(17)10(20)12(22)11(21)8(18)4-15/h5-12,14-22H,1-4H2/t5-,6-,7-,8-,9-,10-,11-,12+/m1/s1. The Kier molecular flexibility index (Phi) is 7.55. The molecule has 10 heteroatoms. The molecule has 0 unspecified atom stereocenters. The zero-order chi connectivity index (χ0) is 17.0. The van der Waals surface area contributed by atoms with Crippen molar-refractivity contribution in [2.45, 2.75) is 48.8 Å². The molecule has 0 amide bonds. The van der Waals surface area contributed by atoms with Crippen LogP contribution in [0.4, 0.5) is 0 Å². The van der Waals surface area contributed by atoms with Crippen molar-refractivity contribution in [1.29, 1.82) is 0 Å². The van der Waals surface area contributed by atoms with E-state index in [0.717, 1.165) is 0 Å². The molecular weight excluding hydrogens is 302 g/mol. The monoisotopic (exact) mass is 327 g/mol. The topological polar surface area (TPSA) is 185 Å². The van der Waals surface area contributed by atoms with E-state index in [4.69, 9.17) is 5.11 Å². The number of hydrogen-bond donors (Lipinski definition) is 9. The number of aliphatic hydroxyl groups excluding tert-OH is 9. The molecule has 1 aliphatic rings. The van der Waals surface area contributed by atoms with Gasteiger partial charge < -0.3 is 46.0 Å². The lowest BCUT2D eigenvalue weighted by Crippen LogP contribution is -2.53. The summed E-state index contributed by atoms with van der Waals surface area (Å²) < 4.78 is 0. The van der Waals surface area contributed by atoms with E-state index in [2.05, 4.69) is 0 Å². The van der Waals surface area contributed by atoms with Crippen LogP contribution in [0.2, 0.25) is 0 Å². The first kappa shape index (κ1) is 19.6. The van der Waals surface area contributed by atoms with Gasteiger partial charge in [0.2, 0.25) is 0 Å². The van der Waals surface area contributed by atoms with Crippen molar-refractivity contribution in [3.63, 3.8) is 0 Å². The van der Waals surface area contributed by atoms with Crippen LogP contribution in [0.15, 0.2) is 0 Å². The van der Waals surface area contributed by atoms with Crippen molar-refractivity contribution in [3.8, 4) is 0 Å². The van der Waals surface area contributed by atoms with Crippen LogP contribution in [0.1, 0.15) is 0 Å². The zero-order valence-electron chi connectivity index (χ0n) is 11.9. The first-order valence-electron chi connectivity index (χ1n) is 6.96. The van der Waals surface area contributed by atoms with Crippen LogP contribution in [0.5, 0.6) is 0 Å². The molecule has 1 rings (SSSR count). The van der Waals surface area contributed by atoms with Gasteiger partial charge in [0.1, 0.15) is 24.4 Å². The Morgan fingerprint density at radius 3 is 1.91 bits per heavy atom. The Hall–Kier alpha value is -0.400. The predicted octanol–water partition coefficient (Wildman–Crippen LogP) is -5.82. The second-order valence-electron chi connectivity index (χ2n) is 5.55. The molecule has 22 heavy (non-hydrogen) atoms. The molecule has 0 radical (unpaired) electrons. The molecule has 10 nitrogen and oxygen atoms in total. The summed E-state index contributed by atoms with van der Waals surface area (Å²) in [5.41, 5.74) is 0. The van der Waals surface area contributed by atoms with E-state index in [-0.39, 0.29) is 13.1 Å². The third kappa shape index (κ3) is 4.32. The number of hydrogen-bond acceptors (Lipinski definition) is 10. The lowest BCUT2D eigenvalue weighted by Gasteiger charge is -2.32. The number of β-amino-alcohol motifs (C(OH)–C–C–N with tert-alkyl or cyclic N) is 2. The smallest absolute Gasteiger partial charge is 0.111 e. The minimum Gasteiger partial charge on any atom is -0.395 e. The molecule has 9 N–H and O–H groups in total. The van der Waals surface area contributed by atoms with Gasteiger partial charge in [-0.15, -0.1) is 0 Å². The Morgan fingerprint density at radius 2 is 1.41 bits per heavy atom. The summed E-state index contributed by atoms with van der Waals surface area (Å²) >= 11 is 0. The molecule has 8 atom stereocenters. The normalized spacial score (nSPS) is 33.4. The van der Waals surface area contributed by atoms with Gasteiger partial charge in [0.05, 0.1) is 37.6 Å². The third-order valence-electron chi connectivity index (χ3n) is 3.96. The summed E-state index contributed by atoms with van der Waals surface area (Å²) in [5, 5.41) is 85.0. The van der Waals surface area contributed by atoms with E-state index < -0.39 is 62.0 Å². The minimum atomic E-state index is -1.91. The Labute approximate surface area is 127 Å². The van der Waals surface area contributed by atoms with Gasteiger partial charge in [-0.05, 0) is 0 Å². The maximum Gasteiger partial charge on any atom is 0.111 e. The molecule has 0 spiro atoms. The van der Waals surface area contributed by atoms with Gasteiger partial charge in [-0.2, -0.15) is 0 Å². The largest absolute Gasteiger partial charge is 0.395 e. The fourth-order valence-corrected chi connectivity index (χ4v) is 2.50. The molecule has 0 aromatic heterocycles. The number of aliphatic hydroxyl groups is 9. The van der Waals surface area contributed by atoms with Gasteiger partial charge in [0.15, 0.2) is 0 Å². The Bertz CT molecular complexity index is 334. The van der Waals surface area contributed by atoms with Crippen molar-refractivity contribution < 1.29 is 46.0 Å². The summed E-state index contributed by atoms with van der Waals surface area (Å²) in [6.07, 6.45) is -11.2. The molecule has 0 aromatic rings. The summed E-state index contributed by atoms with van der Waals surface area (Å²) in [6.45, 7) is -1.65. The molecule has 1 aliphatic heterocycles. The van der Waals surface area contributed by atoms with Crippen LogP contribution in [0.25, 0.3) is 0 Å². The van der Waals surface area contributed by atoms with Crippen molar-refractivity contribution in [3.05, 3.63) is 0 Å². The van der Waals surface area contributed by atoms with E-state index in [0.29, 0.717) is 0 Å². The quantitative estimate of drug-likeness (QED) is 0.208. The number of likely N-dealkylation sites (tertiary alicyclic amines) is 1. The molecular formula is C12H25NO9. The highest BCUT2D eigenvalue weighted by Crippen LogP contribution is 2.20. The highest BCUT2D eigenvalue weighted by atomic mass is 16.4. The maximum absolute atomic E-state index is 9.89.